The van der Waals surface area contributed by atoms with E-state index in [9.17, 15) is 9.59 Å². The number of anilines is 1. The van der Waals surface area contributed by atoms with E-state index < -0.39 is 0 Å². The van der Waals surface area contributed by atoms with Crippen LogP contribution in [0.2, 0.25) is 0 Å². The van der Waals surface area contributed by atoms with Gasteiger partial charge in [-0.15, -0.1) is 0 Å². The maximum absolute atomic E-state index is 12.5. The molecule has 3 amide bonds. The second-order valence-corrected chi connectivity index (χ2v) is 6.84. The Kier molecular flexibility index (Phi) is 6.64. The molecule has 0 saturated carbocycles. The van der Waals surface area contributed by atoms with Crippen LogP contribution >= 0.6 is 0 Å². The van der Waals surface area contributed by atoms with E-state index in [-0.39, 0.29) is 17.9 Å². The monoisotopic (exact) mass is 331 g/mol. The smallest absolute Gasteiger partial charge is 0.321 e. The van der Waals surface area contributed by atoms with Gasteiger partial charge in [0.15, 0.2) is 0 Å². The number of carbonyl (C=O) groups is 2. The Balaban J connectivity index is 1.86. The summed E-state index contributed by atoms with van der Waals surface area (Å²) in [4.78, 5) is 26.0. The molecule has 1 aromatic carbocycles. The van der Waals surface area contributed by atoms with Crippen LogP contribution in [0.25, 0.3) is 0 Å². The molecule has 5 heteroatoms. The first-order valence-electron chi connectivity index (χ1n) is 8.92. The van der Waals surface area contributed by atoms with Crippen molar-refractivity contribution in [3.63, 3.8) is 0 Å². The molecule has 1 aromatic rings. The highest BCUT2D eigenvalue weighted by molar-refractivity contribution is 5.89. The second kappa shape index (κ2) is 8.71. The zero-order valence-electron chi connectivity index (χ0n) is 15.0. The number of likely N-dealkylation sites (tertiary alicyclic amines) is 1. The van der Waals surface area contributed by atoms with Crippen molar-refractivity contribution in [3.8, 4) is 0 Å². The van der Waals surface area contributed by atoms with Crippen molar-refractivity contribution in [1.29, 1.82) is 0 Å². The number of hydrogen-bond donors (Lipinski definition) is 2. The van der Waals surface area contributed by atoms with E-state index in [4.69, 9.17) is 0 Å². The highest BCUT2D eigenvalue weighted by Gasteiger charge is 2.24. The first-order valence-corrected chi connectivity index (χ1v) is 8.92. The molecule has 0 bridgehead atoms. The first-order chi connectivity index (χ1) is 11.5. The molecule has 1 saturated heterocycles. The number of nitrogens with zero attached hydrogens (tertiary/aromatic N) is 1. The molecule has 0 radical (unpaired) electrons. The van der Waals surface area contributed by atoms with E-state index in [1.54, 1.807) is 0 Å². The molecule has 1 heterocycles. The topological polar surface area (TPSA) is 61.4 Å². The largest absolute Gasteiger partial charge is 0.356 e. The lowest BCUT2D eigenvalue weighted by Crippen LogP contribution is -2.45. The van der Waals surface area contributed by atoms with Gasteiger partial charge in [0.2, 0.25) is 5.91 Å². The Morgan fingerprint density at radius 1 is 1.33 bits per heavy atom. The SMILES string of the molecule is CCc1cccc(NC(=O)N2CCCC(CNC(=O)C(C)C)C2)c1. The zero-order valence-corrected chi connectivity index (χ0v) is 15.0. The van der Waals surface area contributed by atoms with Crippen molar-refractivity contribution < 1.29 is 9.59 Å². The maximum atomic E-state index is 12.5. The summed E-state index contributed by atoms with van der Waals surface area (Å²) in [5, 5.41) is 5.97. The first kappa shape index (κ1) is 18.3. The maximum Gasteiger partial charge on any atom is 0.321 e. The number of urea groups is 1. The van der Waals surface area contributed by atoms with Crippen LogP contribution in [-0.2, 0) is 11.2 Å². The predicted octanol–water partition coefficient (Wildman–Crippen LogP) is 3.27. The molecule has 0 aliphatic carbocycles. The van der Waals surface area contributed by atoms with Gasteiger partial charge in [-0.2, -0.15) is 0 Å². The highest BCUT2D eigenvalue weighted by Crippen LogP contribution is 2.18. The molecule has 0 aromatic heterocycles. The second-order valence-electron chi connectivity index (χ2n) is 6.84. The summed E-state index contributed by atoms with van der Waals surface area (Å²) in [5.41, 5.74) is 2.05. The lowest BCUT2D eigenvalue weighted by atomic mass is 9.98. The molecular weight excluding hydrogens is 302 g/mol. The van der Waals surface area contributed by atoms with E-state index >= 15 is 0 Å². The van der Waals surface area contributed by atoms with Gasteiger partial charge in [0.05, 0.1) is 0 Å². The van der Waals surface area contributed by atoms with Crippen LogP contribution in [0.4, 0.5) is 10.5 Å². The van der Waals surface area contributed by atoms with E-state index in [1.807, 2.05) is 36.9 Å². The molecule has 2 rings (SSSR count). The predicted molar refractivity (Wildman–Crippen MR) is 97.0 cm³/mol. The number of hydrogen-bond acceptors (Lipinski definition) is 2. The summed E-state index contributed by atoms with van der Waals surface area (Å²) in [6, 6.07) is 7.91. The Labute approximate surface area is 144 Å². The van der Waals surface area contributed by atoms with Gasteiger partial charge >= 0.3 is 6.03 Å². The van der Waals surface area contributed by atoms with Crippen molar-refractivity contribution in [1.82, 2.24) is 10.2 Å². The van der Waals surface area contributed by atoms with Gasteiger partial charge in [0.25, 0.3) is 0 Å². The zero-order chi connectivity index (χ0) is 17.5. The molecule has 0 spiro atoms. The fourth-order valence-corrected chi connectivity index (χ4v) is 2.94. The molecule has 1 aliphatic rings. The van der Waals surface area contributed by atoms with E-state index in [0.717, 1.165) is 31.5 Å². The minimum Gasteiger partial charge on any atom is -0.356 e. The molecule has 1 fully saturated rings. The summed E-state index contributed by atoms with van der Waals surface area (Å²) in [6.45, 7) is 7.99. The van der Waals surface area contributed by atoms with Gasteiger partial charge in [0, 0.05) is 31.2 Å². The van der Waals surface area contributed by atoms with Crippen molar-refractivity contribution in [3.05, 3.63) is 29.8 Å². The van der Waals surface area contributed by atoms with Crippen molar-refractivity contribution in [2.24, 2.45) is 11.8 Å². The van der Waals surface area contributed by atoms with Crippen molar-refractivity contribution >= 4 is 17.6 Å². The third kappa shape index (κ3) is 5.25. The van der Waals surface area contributed by atoms with Gasteiger partial charge in [-0.3, -0.25) is 4.79 Å². The number of benzene rings is 1. The Morgan fingerprint density at radius 2 is 2.12 bits per heavy atom. The van der Waals surface area contributed by atoms with Gasteiger partial charge in [-0.1, -0.05) is 32.9 Å². The average molecular weight is 331 g/mol. The molecule has 5 nitrogen and oxygen atoms in total. The lowest BCUT2D eigenvalue weighted by Gasteiger charge is -2.33. The third-order valence-corrected chi connectivity index (χ3v) is 4.48. The van der Waals surface area contributed by atoms with Crippen LogP contribution < -0.4 is 10.6 Å². The Hall–Kier alpha value is -2.04. The quantitative estimate of drug-likeness (QED) is 0.870. The van der Waals surface area contributed by atoms with Gasteiger partial charge in [-0.05, 0) is 42.9 Å². The molecular formula is C19H29N3O2. The number of nitrogens with one attached hydrogen (secondary N) is 2. The van der Waals surface area contributed by atoms with Crippen LogP contribution in [0, 0.1) is 11.8 Å². The molecule has 1 aliphatic heterocycles. The minimum absolute atomic E-state index is 0.00108. The summed E-state index contributed by atoms with van der Waals surface area (Å²) in [7, 11) is 0. The van der Waals surface area contributed by atoms with E-state index in [2.05, 4.69) is 23.6 Å². The average Bonchev–Trinajstić information content (AvgIpc) is 2.59. The summed E-state index contributed by atoms with van der Waals surface area (Å²) in [6.07, 6.45) is 2.98. The molecule has 132 valence electrons. The standard InChI is InChI=1S/C19H29N3O2/c1-4-15-7-5-9-17(11-15)21-19(24)22-10-6-8-16(13-22)12-20-18(23)14(2)3/h5,7,9,11,14,16H,4,6,8,10,12-13H2,1-3H3,(H,20,23)(H,21,24). The highest BCUT2D eigenvalue weighted by atomic mass is 16.2. The van der Waals surface area contributed by atoms with Gasteiger partial charge in [-0.25, -0.2) is 4.79 Å². The molecule has 1 atom stereocenters. The molecule has 24 heavy (non-hydrogen) atoms. The summed E-state index contributed by atoms with van der Waals surface area (Å²) < 4.78 is 0. The lowest BCUT2D eigenvalue weighted by molar-refractivity contribution is -0.124. The molecule has 1 unspecified atom stereocenters. The fraction of sp³-hybridized carbons (Fsp3) is 0.579. The fourth-order valence-electron chi connectivity index (χ4n) is 2.94. The molecule has 2 N–H and O–H groups in total. The number of rotatable bonds is 5. The van der Waals surface area contributed by atoms with Crippen LogP contribution in [0.3, 0.4) is 0 Å². The van der Waals surface area contributed by atoms with Gasteiger partial charge in [0.1, 0.15) is 0 Å². The third-order valence-electron chi connectivity index (χ3n) is 4.48. The summed E-state index contributed by atoms with van der Waals surface area (Å²) in [5.74, 6) is 0.404. The van der Waals surface area contributed by atoms with Crippen LogP contribution in [0.5, 0.6) is 0 Å². The normalized spacial score (nSPS) is 17.7. The number of aryl methyl sites for hydroxylation is 1. The van der Waals surface area contributed by atoms with E-state index in [0.29, 0.717) is 19.0 Å². The van der Waals surface area contributed by atoms with Crippen LogP contribution in [0.15, 0.2) is 24.3 Å². The summed E-state index contributed by atoms with van der Waals surface area (Å²) >= 11 is 0. The van der Waals surface area contributed by atoms with Crippen LogP contribution in [0.1, 0.15) is 39.2 Å². The Bertz CT molecular complexity index is 571. The van der Waals surface area contributed by atoms with E-state index in [1.165, 1.54) is 5.56 Å². The minimum atomic E-state index is -0.0526. The van der Waals surface area contributed by atoms with Crippen molar-refractivity contribution in [2.75, 3.05) is 25.0 Å². The number of amides is 3. The number of carbonyl (C=O) groups excluding carboxylic acids is 2. The van der Waals surface area contributed by atoms with Crippen molar-refractivity contribution in [2.45, 2.75) is 40.0 Å². The number of piperidine rings is 1. The van der Waals surface area contributed by atoms with Gasteiger partial charge < -0.3 is 15.5 Å². The Morgan fingerprint density at radius 3 is 2.83 bits per heavy atom. The van der Waals surface area contributed by atoms with Crippen LogP contribution in [-0.4, -0.2) is 36.5 Å².